The Labute approximate surface area is 109 Å². The van der Waals surface area contributed by atoms with Gasteiger partial charge in [-0.05, 0) is 15.9 Å². The van der Waals surface area contributed by atoms with Crippen LogP contribution in [0.3, 0.4) is 0 Å². The van der Waals surface area contributed by atoms with Crippen LogP contribution in [0.25, 0.3) is 0 Å². The van der Waals surface area contributed by atoms with Gasteiger partial charge >= 0.3 is 0 Å². The zero-order chi connectivity index (χ0) is 12.7. The summed E-state index contributed by atoms with van der Waals surface area (Å²) in [6, 6.07) is 2.11. The quantitative estimate of drug-likeness (QED) is 0.849. The summed E-state index contributed by atoms with van der Waals surface area (Å²) in [6.07, 6.45) is 1.82. The highest BCUT2D eigenvalue weighted by molar-refractivity contribution is 9.10. The summed E-state index contributed by atoms with van der Waals surface area (Å²) in [4.78, 5) is 9.99. The second-order valence-corrected chi connectivity index (χ2v) is 4.08. The number of nitriles is 1. The summed E-state index contributed by atoms with van der Waals surface area (Å²) in [5.41, 5.74) is 5.69. The van der Waals surface area contributed by atoms with Gasteiger partial charge in [-0.1, -0.05) is 0 Å². The van der Waals surface area contributed by atoms with E-state index in [9.17, 15) is 0 Å². The lowest BCUT2D eigenvalue weighted by Crippen LogP contribution is -2.29. The first-order chi connectivity index (χ1) is 8.20. The van der Waals surface area contributed by atoms with Crippen LogP contribution in [0.1, 0.15) is 6.42 Å². The van der Waals surface area contributed by atoms with E-state index >= 15 is 0 Å². The lowest BCUT2D eigenvalue weighted by Gasteiger charge is -2.23. The third-order valence-electron chi connectivity index (χ3n) is 2.16. The molecule has 0 unspecified atom stereocenters. The third-order valence-corrected chi connectivity index (χ3v) is 2.92. The monoisotopic (exact) mass is 299 g/mol. The van der Waals surface area contributed by atoms with Crippen molar-refractivity contribution in [3.8, 4) is 6.07 Å². The molecule has 1 heterocycles. The molecule has 0 fully saturated rings. The van der Waals surface area contributed by atoms with Crippen molar-refractivity contribution in [2.75, 3.05) is 37.4 Å². The molecule has 0 amide bonds. The molecule has 0 radical (unpaired) electrons. The Kier molecular flexibility index (Phi) is 5.66. The van der Waals surface area contributed by atoms with Gasteiger partial charge < -0.3 is 15.4 Å². The molecule has 0 aliphatic carbocycles. The van der Waals surface area contributed by atoms with Gasteiger partial charge in [0, 0.05) is 20.2 Å². The minimum atomic E-state index is 0.384. The van der Waals surface area contributed by atoms with Crippen molar-refractivity contribution in [3.63, 3.8) is 0 Å². The van der Waals surface area contributed by atoms with Crippen molar-refractivity contribution in [1.82, 2.24) is 9.97 Å². The van der Waals surface area contributed by atoms with E-state index in [4.69, 9.17) is 15.7 Å². The minimum Gasteiger partial charge on any atom is -0.383 e. The standard InChI is InChI=1S/C10H14BrN5O/c1-17-6-5-16(4-2-3-12)10-8(11)9(13)14-7-15-10/h7H,2,4-6H2,1H3,(H2,13,14,15). The van der Waals surface area contributed by atoms with Gasteiger partial charge in [0.25, 0.3) is 0 Å². The Bertz CT molecular complexity index is 406. The summed E-state index contributed by atoms with van der Waals surface area (Å²) in [6.45, 7) is 1.78. The van der Waals surface area contributed by atoms with Crippen molar-refractivity contribution in [2.45, 2.75) is 6.42 Å². The molecule has 17 heavy (non-hydrogen) atoms. The molecular formula is C10H14BrN5O. The average molecular weight is 300 g/mol. The maximum absolute atomic E-state index is 8.63. The molecule has 0 saturated heterocycles. The molecule has 1 aromatic heterocycles. The van der Waals surface area contributed by atoms with Crippen molar-refractivity contribution >= 4 is 27.6 Å². The van der Waals surface area contributed by atoms with Crippen LogP contribution < -0.4 is 10.6 Å². The maximum Gasteiger partial charge on any atom is 0.148 e. The minimum absolute atomic E-state index is 0.384. The number of nitrogens with zero attached hydrogens (tertiary/aromatic N) is 4. The fraction of sp³-hybridized carbons (Fsp3) is 0.500. The number of aromatic nitrogens is 2. The Balaban J connectivity index is 2.87. The molecular weight excluding hydrogens is 286 g/mol. The molecule has 6 nitrogen and oxygen atoms in total. The van der Waals surface area contributed by atoms with Crippen molar-refractivity contribution in [1.29, 1.82) is 5.26 Å². The topological polar surface area (TPSA) is 88.1 Å². The smallest absolute Gasteiger partial charge is 0.148 e. The molecule has 0 aromatic carbocycles. The number of nitrogens with two attached hydrogens (primary N) is 1. The molecule has 0 atom stereocenters. The first-order valence-electron chi connectivity index (χ1n) is 5.07. The van der Waals surface area contributed by atoms with Crippen LogP contribution in [-0.4, -0.2) is 36.8 Å². The number of ether oxygens (including phenoxy) is 1. The first kappa shape index (κ1) is 13.7. The van der Waals surface area contributed by atoms with Crippen molar-refractivity contribution in [3.05, 3.63) is 10.8 Å². The molecule has 2 N–H and O–H groups in total. The van der Waals surface area contributed by atoms with Gasteiger partial charge in [0.15, 0.2) is 0 Å². The maximum atomic E-state index is 8.63. The predicted octanol–water partition coefficient (Wildman–Crippen LogP) is 1.19. The number of hydrogen-bond donors (Lipinski definition) is 1. The predicted molar refractivity (Wildman–Crippen MR) is 68.5 cm³/mol. The number of rotatable bonds is 6. The molecule has 0 aliphatic heterocycles. The Morgan fingerprint density at radius 3 is 2.94 bits per heavy atom. The Morgan fingerprint density at radius 2 is 2.29 bits per heavy atom. The lowest BCUT2D eigenvalue weighted by atomic mass is 10.3. The van der Waals surface area contributed by atoms with Crippen LogP contribution in [0.2, 0.25) is 0 Å². The fourth-order valence-corrected chi connectivity index (χ4v) is 1.76. The lowest BCUT2D eigenvalue weighted by molar-refractivity contribution is 0.205. The van der Waals surface area contributed by atoms with Crippen LogP contribution in [-0.2, 0) is 4.74 Å². The largest absolute Gasteiger partial charge is 0.383 e. The number of anilines is 2. The van der Waals surface area contributed by atoms with Crippen molar-refractivity contribution < 1.29 is 4.74 Å². The van der Waals surface area contributed by atoms with E-state index < -0.39 is 0 Å². The number of hydrogen-bond acceptors (Lipinski definition) is 6. The summed E-state index contributed by atoms with van der Waals surface area (Å²) in [7, 11) is 1.63. The van der Waals surface area contributed by atoms with Gasteiger partial charge in [0.2, 0.25) is 0 Å². The highest BCUT2D eigenvalue weighted by Crippen LogP contribution is 2.27. The van der Waals surface area contributed by atoms with E-state index in [0.717, 1.165) is 0 Å². The summed E-state index contributed by atoms with van der Waals surface area (Å²) < 4.78 is 5.68. The van der Waals surface area contributed by atoms with E-state index in [0.29, 0.717) is 42.2 Å². The molecule has 0 saturated carbocycles. The fourth-order valence-electron chi connectivity index (χ4n) is 1.30. The van der Waals surface area contributed by atoms with Gasteiger partial charge in [-0.15, -0.1) is 0 Å². The second kappa shape index (κ2) is 7.04. The van der Waals surface area contributed by atoms with E-state index in [2.05, 4.69) is 32.0 Å². The van der Waals surface area contributed by atoms with Gasteiger partial charge in [0.05, 0.1) is 19.1 Å². The van der Waals surface area contributed by atoms with Crippen LogP contribution in [0.15, 0.2) is 10.8 Å². The number of halogens is 1. The molecule has 1 aromatic rings. The van der Waals surface area contributed by atoms with Gasteiger partial charge in [0.1, 0.15) is 22.4 Å². The van der Waals surface area contributed by atoms with E-state index in [1.807, 2.05) is 4.90 Å². The Hall–Kier alpha value is -1.39. The average Bonchev–Trinajstić information content (AvgIpc) is 2.34. The van der Waals surface area contributed by atoms with E-state index in [1.165, 1.54) is 6.33 Å². The van der Waals surface area contributed by atoms with Crippen molar-refractivity contribution in [2.24, 2.45) is 0 Å². The molecule has 0 spiro atoms. The van der Waals surface area contributed by atoms with Gasteiger partial charge in [-0.3, -0.25) is 0 Å². The third kappa shape index (κ3) is 3.84. The van der Waals surface area contributed by atoms with Crippen LogP contribution in [0.5, 0.6) is 0 Å². The number of methoxy groups -OCH3 is 1. The highest BCUT2D eigenvalue weighted by atomic mass is 79.9. The first-order valence-corrected chi connectivity index (χ1v) is 5.86. The SMILES string of the molecule is COCCN(CCC#N)c1ncnc(N)c1Br. The summed E-state index contributed by atoms with van der Waals surface area (Å²) in [5.74, 6) is 1.07. The Morgan fingerprint density at radius 1 is 1.53 bits per heavy atom. The van der Waals surface area contributed by atoms with Crippen LogP contribution in [0.4, 0.5) is 11.6 Å². The molecule has 0 aliphatic rings. The zero-order valence-electron chi connectivity index (χ0n) is 9.56. The summed E-state index contributed by atoms with van der Waals surface area (Å²) in [5, 5.41) is 8.63. The van der Waals surface area contributed by atoms with Crippen LogP contribution in [0, 0.1) is 11.3 Å². The molecule has 92 valence electrons. The molecule has 1 rings (SSSR count). The zero-order valence-corrected chi connectivity index (χ0v) is 11.1. The summed E-state index contributed by atoms with van der Waals surface area (Å²) >= 11 is 3.35. The normalized spacial score (nSPS) is 9.94. The van der Waals surface area contributed by atoms with E-state index in [-0.39, 0.29) is 0 Å². The van der Waals surface area contributed by atoms with Crippen LogP contribution >= 0.6 is 15.9 Å². The highest BCUT2D eigenvalue weighted by Gasteiger charge is 2.13. The molecule has 0 bridgehead atoms. The number of nitrogen functional groups attached to an aromatic ring is 1. The second-order valence-electron chi connectivity index (χ2n) is 3.28. The van der Waals surface area contributed by atoms with Gasteiger partial charge in [-0.2, -0.15) is 5.26 Å². The molecule has 7 heteroatoms. The van der Waals surface area contributed by atoms with E-state index in [1.54, 1.807) is 7.11 Å². The van der Waals surface area contributed by atoms with Gasteiger partial charge in [-0.25, -0.2) is 9.97 Å².